The Kier molecular flexibility index (Phi) is 4.35. The van der Waals surface area contributed by atoms with E-state index in [2.05, 4.69) is 0 Å². The molecule has 7 heteroatoms. The Morgan fingerprint density at radius 1 is 1.18 bits per heavy atom. The van der Waals surface area contributed by atoms with Crippen LogP contribution in [0.15, 0.2) is 75.0 Å². The van der Waals surface area contributed by atoms with Crippen molar-refractivity contribution in [3.8, 4) is 0 Å². The molecule has 0 radical (unpaired) electrons. The van der Waals surface area contributed by atoms with Crippen LogP contribution in [0.5, 0.6) is 0 Å². The predicted octanol–water partition coefficient (Wildman–Crippen LogP) is 4.10. The molecule has 1 amide bonds. The first kappa shape index (κ1) is 17.8. The van der Waals surface area contributed by atoms with Crippen LogP contribution in [-0.2, 0) is 11.3 Å². The fourth-order valence-corrected chi connectivity index (χ4v) is 3.30. The fourth-order valence-electron chi connectivity index (χ4n) is 3.30. The van der Waals surface area contributed by atoms with E-state index in [9.17, 15) is 19.1 Å². The van der Waals surface area contributed by atoms with Gasteiger partial charge < -0.3 is 18.8 Å². The highest BCUT2D eigenvalue weighted by molar-refractivity contribution is 6.15. The highest BCUT2D eigenvalue weighted by Crippen LogP contribution is 2.40. The second kappa shape index (κ2) is 6.84. The van der Waals surface area contributed by atoms with E-state index in [-0.39, 0.29) is 17.9 Å². The van der Waals surface area contributed by atoms with Crippen molar-refractivity contribution < 1.29 is 27.9 Å². The van der Waals surface area contributed by atoms with Crippen LogP contribution in [0.4, 0.5) is 4.39 Å². The van der Waals surface area contributed by atoms with Gasteiger partial charge in [0.25, 0.3) is 5.91 Å². The van der Waals surface area contributed by atoms with E-state index >= 15 is 0 Å². The third kappa shape index (κ3) is 3.00. The summed E-state index contributed by atoms with van der Waals surface area (Å²) in [6.45, 7) is 1.72. The summed E-state index contributed by atoms with van der Waals surface area (Å²) in [6.07, 6.45) is 1.47. The van der Waals surface area contributed by atoms with Gasteiger partial charge >= 0.3 is 0 Å². The Labute approximate surface area is 159 Å². The van der Waals surface area contributed by atoms with Crippen LogP contribution in [0, 0.1) is 12.7 Å². The smallest absolute Gasteiger partial charge is 0.290 e. The van der Waals surface area contributed by atoms with Gasteiger partial charge in [-0.3, -0.25) is 9.59 Å². The van der Waals surface area contributed by atoms with E-state index < -0.39 is 29.3 Å². The number of halogens is 1. The van der Waals surface area contributed by atoms with Gasteiger partial charge in [0, 0.05) is 0 Å². The molecule has 1 atom stereocenters. The molecule has 1 aliphatic rings. The summed E-state index contributed by atoms with van der Waals surface area (Å²) in [6, 6.07) is 11.0. The van der Waals surface area contributed by atoms with Crippen molar-refractivity contribution in [2.45, 2.75) is 19.5 Å². The Morgan fingerprint density at radius 3 is 2.54 bits per heavy atom. The molecular weight excluding hydrogens is 365 g/mol. The number of carbonyl (C=O) groups excluding carboxylic acids is 2. The van der Waals surface area contributed by atoms with Gasteiger partial charge in [-0.05, 0) is 48.9 Å². The monoisotopic (exact) mass is 381 g/mol. The molecule has 0 unspecified atom stereocenters. The lowest BCUT2D eigenvalue weighted by atomic mass is 9.95. The molecule has 1 aliphatic heterocycles. The first-order valence-electron chi connectivity index (χ1n) is 8.59. The van der Waals surface area contributed by atoms with E-state index in [4.69, 9.17) is 8.83 Å². The number of Topliss-reactive ketones (excluding diaryl/α,β-unsaturated/α-hetero) is 1. The number of nitrogens with zero attached hydrogens (tertiary/aromatic N) is 1. The number of carbonyl (C=O) groups is 2. The molecule has 3 aromatic rings. The summed E-state index contributed by atoms with van der Waals surface area (Å²) >= 11 is 0. The summed E-state index contributed by atoms with van der Waals surface area (Å²) in [5.41, 5.74) is 0.370. The largest absolute Gasteiger partial charge is 0.503 e. The van der Waals surface area contributed by atoms with Crippen LogP contribution in [0.1, 0.15) is 33.7 Å². The maximum atomic E-state index is 13.4. The number of furan rings is 2. The number of hydrogen-bond donors (Lipinski definition) is 1. The third-order valence-electron chi connectivity index (χ3n) is 4.60. The molecule has 1 aromatic carbocycles. The van der Waals surface area contributed by atoms with Crippen molar-refractivity contribution in [2.75, 3.05) is 0 Å². The van der Waals surface area contributed by atoms with Crippen LogP contribution in [0.25, 0.3) is 0 Å². The van der Waals surface area contributed by atoms with Gasteiger partial charge in [-0.2, -0.15) is 0 Å². The predicted molar refractivity (Wildman–Crippen MR) is 95.8 cm³/mol. The summed E-state index contributed by atoms with van der Waals surface area (Å²) in [5, 5.41) is 10.5. The first-order chi connectivity index (χ1) is 13.5. The van der Waals surface area contributed by atoms with Crippen LogP contribution in [-0.4, -0.2) is 21.7 Å². The molecule has 1 N–H and O–H groups in total. The van der Waals surface area contributed by atoms with Crippen LogP contribution in [0.3, 0.4) is 0 Å². The molecule has 2 aromatic heterocycles. The molecule has 6 nitrogen and oxygen atoms in total. The number of benzene rings is 1. The lowest BCUT2D eigenvalue weighted by molar-refractivity contribution is -0.130. The maximum Gasteiger partial charge on any atom is 0.290 e. The van der Waals surface area contributed by atoms with Gasteiger partial charge in [0.05, 0.1) is 24.4 Å². The zero-order valence-corrected chi connectivity index (χ0v) is 14.9. The standard InChI is InChI=1S/C21H16FNO5/c1-12-4-9-16(28-12)19(24)17-18(13-5-7-14(22)8-6-13)23(21(26)20(17)25)11-15-3-2-10-27-15/h2-10,18,25H,11H2,1H3/t18-/m1/s1. The maximum absolute atomic E-state index is 13.4. The van der Waals surface area contributed by atoms with Crippen molar-refractivity contribution in [3.63, 3.8) is 0 Å². The molecule has 4 rings (SSSR count). The first-order valence-corrected chi connectivity index (χ1v) is 8.59. The number of aryl methyl sites for hydroxylation is 1. The van der Waals surface area contributed by atoms with Crippen molar-refractivity contribution in [2.24, 2.45) is 0 Å². The van der Waals surface area contributed by atoms with Crippen molar-refractivity contribution >= 4 is 11.7 Å². The minimum atomic E-state index is -0.906. The van der Waals surface area contributed by atoms with Crippen LogP contribution in [0.2, 0.25) is 0 Å². The molecule has 0 aliphatic carbocycles. The topological polar surface area (TPSA) is 83.9 Å². The molecule has 0 fully saturated rings. The van der Waals surface area contributed by atoms with E-state index in [1.54, 1.807) is 25.1 Å². The highest BCUT2D eigenvalue weighted by Gasteiger charge is 2.44. The number of amides is 1. The molecule has 0 saturated carbocycles. The summed E-state index contributed by atoms with van der Waals surface area (Å²) < 4.78 is 24.1. The number of rotatable bonds is 5. The average molecular weight is 381 g/mol. The zero-order valence-electron chi connectivity index (χ0n) is 14.9. The SMILES string of the molecule is Cc1ccc(C(=O)C2=C(O)C(=O)N(Cc3ccco3)[C@@H]2c2ccc(F)cc2)o1. The summed E-state index contributed by atoms with van der Waals surface area (Å²) in [4.78, 5) is 27.1. The minimum absolute atomic E-state index is 0.0128. The van der Waals surface area contributed by atoms with E-state index in [1.165, 1.54) is 41.5 Å². The second-order valence-corrected chi connectivity index (χ2v) is 6.47. The highest BCUT2D eigenvalue weighted by atomic mass is 19.1. The van der Waals surface area contributed by atoms with Crippen molar-refractivity contribution in [1.29, 1.82) is 0 Å². The van der Waals surface area contributed by atoms with E-state index in [1.807, 2.05) is 0 Å². The van der Waals surface area contributed by atoms with Crippen LogP contribution < -0.4 is 0 Å². The average Bonchev–Trinajstić information content (AvgIpc) is 3.40. The van der Waals surface area contributed by atoms with E-state index in [0.29, 0.717) is 17.1 Å². The molecular formula is C21H16FNO5. The Morgan fingerprint density at radius 2 is 1.93 bits per heavy atom. The van der Waals surface area contributed by atoms with Gasteiger partial charge in [0.2, 0.25) is 5.78 Å². The number of hydrogen-bond acceptors (Lipinski definition) is 5. The quantitative estimate of drug-likeness (QED) is 0.673. The van der Waals surface area contributed by atoms with E-state index in [0.717, 1.165) is 0 Å². The van der Waals surface area contributed by atoms with Crippen LogP contribution >= 0.6 is 0 Å². The summed E-state index contributed by atoms with van der Waals surface area (Å²) in [7, 11) is 0. The van der Waals surface area contributed by atoms with Crippen molar-refractivity contribution in [3.05, 3.63) is 94.8 Å². The summed E-state index contributed by atoms with van der Waals surface area (Å²) in [5.74, 6) is -1.39. The lowest BCUT2D eigenvalue weighted by Gasteiger charge is -2.25. The Balaban J connectivity index is 1.80. The van der Waals surface area contributed by atoms with Gasteiger partial charge in [-0.25, -0.2) is 4.39 Å². The number of aliphatic hydroxyl groups excluding tert-OH is 1. The number of ketones is 1. The zero-order chi connectivity index (χ0) is 19.8. The minimum Gasteiger partial charge on any atom is -0.503 e. The third-order valence-corrected chi connectivity index (χ3v) is 4.60. The molecule has 0 saturated heterocycles. The fraction of sp³-hybridized carbons (Fsp3) is 0.143. The Bertz CT molecular complexity index is 1060. The molecule has 142 valence electrons. The lowest BCUT2D eigenvalue weighted by Crippen LogP contribution is -2.30. The Hall–Kier alpha value is -3.61. The van der Waals surface area contributed by atoms with Gasteiger partial charge in [-0.1, -0.05) is 12.1 Å². The number of aliphatic hydroxyl groups is 1. The van der Waals surface area contributed by atoms with Gasteiger partial charge in [0.1, 0.15) is 17.3 Å². The van der Waals surface area contributed by atoms with Gasteiger partial charge in [0.15, 0.2) is 11.5 Å². The van der Waals surface area contributed by atoms with Crippen molar-refractivity contribution in [1.82, 2.24) is 4.90 Å². The molecule has 0 bridgehead atoms. The normalized spacial score (nSPS) is 16.9. The second-order valence-electron chi connectivity index (χ2n) is 6.47. The molecule has 28 heavy (non-hydrogen) atoms. The van der Waals surface area contributed by atoms with Gasteiger partial charge in [-0.15, -0.1) is 0 Å². The molecule has 3 heterocycles. The molecule has 0 spiro atoms.